The van der Waals surface area contributed by atoms with E-state index in [0.717, 1.165) is 17.9 Å². The van der Waals surface area contributed by atoms with Crippen molar-refractivity contribution >= 4 is 39.1 Å². The molecule has 0 aromatic heterocycles. The van der Waals surface area contributed by atoms with Crippen molar-refractivity contribution in [3.05, 3.63) is 27.7 Å². The van der Waals surface area contributed by atoms with Crippen LogP contribution in [0.2, 0.25) is 10.0 Å². The molecule has 1 aliphatic rings. The number of hydrogen-bond acceptors (Lipinski definition) is 1. The van der Waals surface area contributed by atoms with Gasteiger partial charge in [0, 0.05) is 15.9 Å². The maximum atomic E-state index is 6.13. The van der Waals surface area contributed by atoms with Crippen LogP contribution < -0.4 is 4.74 Å². The van der Waals surface area contributed by atoms with Crippen LogP contribution in [0.3, 0.4) is 0 Å². The predicted octanol–water partition coefficient (Wildman–Crippen LogP) is 5.07. The lowest BCUT2D eigenvalue weighted by Crippen LogP contribution is -2.19. The second kappa shape index (κ2) is 5.61. The summed E-state index contributed by atoms with van der Waals surface area (Å²) in [5.41, 5.74) is 1.01. The molecule has 0 heterocycles. The Morgan fingerprint density at radius 3 is 2.62 bits per heavy atom. The fourth-order valence-corrected chi connectivity index (χ4v) is 2.74. The zero-order valence-corrected chi connectivity index (χ0v) is 11.9. The highest BCUT2D eigenvalue weighted by Gasteiger charge is 2.19. The molecule has 0 atom stereocenters. The van der Waals surface area contributed by atoms with Gasteiger partial charge >= 0.3 is 0 Å². The number of ether oxygens (including phenoxy) is 1. The van der Waals surface area contributed by atoms with E-state index in [-0.39, 0.29) is 0 Å². The molecular weight excluding hydrogens is 311 g/mol. The van der Waals surface area contributed by atoms with E-state index in [2.05, 4.69) is 15.9 Å². The van der Waals surface area contributed by atoms with Crippen LogP contribution in [0, 0.1) is 5.92 Å². The van der Waals surface area contributed by atoms with Crippen LogP contribution in [0.4, 0.5) is 0 Å². The first-order valence-corrected chi connectivity index (χ1v) is 7.25. The molecule has 0 amide bonds. The van der Waals surface area contributed by atoms with Crippen molar-refractivity contribution < 1.29 is 4.74 Å². The monoisotopic (exact) mass is 322 g/mol. The van der Waals surface area contributed by atoms with Crippen LogP contribution in [-0.2, 0) is 5.33 Å². The lowest BCUT2D eigenvalue weighted by atomic mass is 9.86. The fourth-order valence-electron chi connectivity index (χ4n) is 1.74. The van der Waals surface area contributed by atoms with Gasteiger partial charge in [-0.25, -0.2) is 0 Å². The summed E-state index contributed by atoms with van der Waals surface area (Å²) < 4.78 is 5.80. The third-order valence-corrected chi connectivity index (χ3v) is 4.02. The zero-order valence-electron chi connectivity index (χ0n) is 8.81. The van der Waals surface area contributed by atoms with Crippen LogP contribution in [0.25, 0.3) is 0 Å². The van der Waals surface area contributed by atoms with Crippen molar-refractivity contribution in [3.8, 4) is 5.75 Å². The van der Waals surface area contributed by atoms with Crippen molar-refractivity contribution in [2.75, 3.05) is 6.61 Å². The summed E-state index contributed by atoms with van der Waals surface area (Å²) in [6.07, 6.45) is 3.87. The van der Waals surface area contributed by atoms with Gasteiger partial charge in [0.25, 0.3) is 0 Å². The Hall–Kier alpha value is 0.0800. The number of rotatable bonds is 4. The first kappa shape index (κ1) is 12.5. The molecule has 0 aliphatic heterocycles. The Labute approximate surface area is 114 Å². The molecule has 1 nitrogen and oxygen atoms in total. The minimum atomic E-state index is 0.598. The average molecular weight is 324 g/mol. The van der Waals surface area contributed by atoms with Gasteiger partial charge in [0.1, 0.15) is 5.75 Å². The molecule has 2 rings (SSSR count). The quantitative estimate of drug-likeness (QED) is 0.703. The molecule has 0 N–H and O–H groups in total. The summed E-state index contributed by atoms with van der Waals surface area (Å²) in [4.78, 5) is 0. The number of hydrogen-bond donors (Lipinski definition) is 0. The molecule has 0 radical (unpaired) electrons. The van der Waals surface area contributed by atoms with Crippen molar-refractivity contribution in [1.82, 2.24) is 0 Å². The van der Waals surface area contributed by atoms with E-state index in [0.29, 0.717) is 21.3 Å². The molecule has 4 heteroatoms. The Morgan fingerprint density at radius 2 is 2.06 bits per heavy atom. The van der Waals surface area contributed by atoms with Crippen molar-refractivity contribution in [3.63, 3.8) is 0 Å². The summed E-state index contributed by atoms with van der Waals surface area (Å²) in [6, 6.07) is 3.61. The first-order valence-electron chi connectivity index (χ1n) is 5.37. The van der Waals surface area contributed by atoms with Crippen LogP contribution in [0.15, 0.2) is 12.1 Å². The summed E-state index contributed by atoms with van der Waals surface area (Å²) in [5, 5.41) is 1.95. The molecule has 1 saturated carbocycles. The van der Waals surface area contributed by atoms with Crippen LogP contribution >= 0.6 is 39.1 Å². The van der Waals surface area contributed by atoms with Gasteiger partial charge in [-0.3, -0.25) is 0 Å². The molecule has 0 spiro atoms. The SMILES string of the molecule is Clc1cc(Cl)c(OCC2CCC2)c(CBr)c1. The van der Waals surface area contributed by atoms with Gasteiger partial charge in [0.2, 0.25) is 0 Å². The highest BCUT2D eigenvalue weighted by Crippen LogP contribution is 2.35. The highest BCUT2D eigenvalue weighted by atomic mass is 79.9. The van der Waals surface area contributed by atoms with E-state index in [1.165, 1.54) is 19.3 Å². The second-order valence-corrected chi connectivity index (χ2v) is 5.52. The topological polar surface area (TPSA) is 9.23 Å². The van der Waals surface area contributed by atoms with Crippen molar-refractivity contribution in [1.29, 1.82) is 0 Å². The minimum absolute atomic E-state index is 0.598. The molecule has 1 fully saturated rings. The molecule has 16 heavy (non-hydrogen) atoms. The Bertz CT molecular complexity index is 378. The molecule has 1 aromatic carbocycles. The number of alkyl halides is 1. The van der Waals surface area contributed by atoms with E-state index in [1.54, 1.807) is 6.07 Å². The van der Waals surface area contributed by atoms with E-state index < -0.39 is 0 Å². The van der Waals surface area contributed by atoms with Gasteiger partial charge in [0.05, 0.1) is 11.6 Å². The molecule has 0 saturated heterocycles. The molecule has 0 bridgehead atoms. The lowest BCUT2D eigenvalue weighted by molar-refractivity contribution is 0.180. The fraction of sp³-hybridized carbons (Fsp3) is 0.500. The Balaban J connectivity index is 2.10. The number of halogens is 3. The molecule has 1 aliphatic carbocycles. The normalized spacial score (nSPS) is 15.9. The van der Waals surface area contributed by atoms with Gasteiger partial charge in [-0.15, -0.1) is 0 Å². The predicted molar refractivity (Wildman–Crippen MR) is 71.9 cm³/mol. The Morgan fingerprint density at radius 1 is 1.31 bits per heavy atom. The number of benzene rings is 1. The van der Waals surface area contributed by atoms with Gasteiger partial charge < -0.3 is 4.74 Å². The molecule has 88 valence electrons. The summed E-state index contributed by atoms with van der Waals surface area (Å²) in [6.45, 7) is 0.765. The van der Waals surface area contributed by atoms with Crippen molar-refractivity contribution in [2.45, 2.75) is 24.6 Å². The lowest BCUT2D eigenvalue weighted by Gasteiger charge is -2.26. The highest BCUT2D eigenvalue weighted by molar-refractivity contribution is 9.08. The average Bonchev–Trinajstić information content (AvgIpc) is 2.17. The minimum Gasteiger partial charge on any atom is -0.491 e. The maximum absolute atomic E-state index is 6.13. The zero-order chi connectivity index (χ0) is 11.5. The largest absolute Gasteiger partial charge is 0.491 e. The molecule has 1 aromatic rings. The van der Waals surface area contributed by atoms with Gasteiger partial charge in [-0.2, -0.15) is 0 Å². The summed E-state index contributed by atoms with van der Waals surface area (Å²) >= 11 is 15.5. The third-order valence-electron chi connectivity index (χ3n) is 2.92. The molecular formula is C12H13BrCl2O. The van der Waals surface area contributed by atoms with Crippen molar-refractivity contribution in [2.24, 2.45) is 5.92 Å². The van der Waals surface area contributed by atoms with Gasteiger partial charge in [-0.05, 0) is 30.9 Å². The van der Waals surface area contributed by atoms with Crippen LogP contribution in [0.1, 0.15) is 24.8 Å². The second-order valence-electron chi connectivity index (χ2n) is 4.12. The first-order chi connectivity index (χ1) is 7.70. The van der Waals surface area contributed by atoms with E-state index in [9.17, 15) is 0 Å². The van der Waals surface area contributed by atoms with Gasteiger partial charge in [0.15, 0.2) is 0 Å². The van der Waals surface area contributed by atoms with E-state index in [4.69, 9.17) is 27.9 Å². The van der Waals surface area contributed by atoms with E-state index in [1.807, 2.05) is 6.07 Å². The standard InChI is InChI=1S/C12H13BrCl2O/c13-6-9-4-10(14)5-11(15)12(9)16-7-8-2-1-3-8/h4-5,8H,1-3,6-7H2. The summed E-state index contributed by atoms with van der Waals surface area (Å²) in [7, 11) is 0. The third kappa shape index (κ3) is 2.85. The Kier molecular flexibility index (Phi) is 4.40. The van der Waals surface area contributed by atoms with Crippen LogP contribution in [-0.4, -0.2) is 6.61 Å². The van der Waals surface area contributed by atoms with E-state index >= 15 is 0 Å². The van der Waals surface area contributed by atoms with Gasteiger partial charge in [-0.1, -0.05) is 45.6 Å². The van der Waals surface area contributed by atoms with Crippen LogP contribution in [0.5, 0.6) is 5.75 Å². The maximum Gasteiger partial charge on any atom is 0.142 e. The smallest absolute Gasteiger partial charge is 0.142 e. The molecule has 0 unspecified atom stereocenters. The summed E-state index contributed by atoms with van der Waals surface area (Å²) in [5.74, 6) is 1.48.